The first-order chi connectivity index (χ1) is 12.3. The van der Waals surface area contributed by atoms with Crippen LogP contribution in [0.25, 0.3) is 0 Å². The minimum atomic E-state index is -3.19. The second-order valence-electron chi connectivity index (χ2n) is 6.96. The molecule has 9 heteroatoms. The van der Waals surface area contributed by atoms with E-state index in [-0.39, 0.29) is 30.3 Å². The summed E-state index contributed by atoms with van der Waals surface area (Å²) < 4.78 is 35.4. The van der Waals surface area contributed by atoms with Gasteiger partial charge in [0.2, 0.25) is 0 Å². The molecule has 3 rings (SSSR count). The Morgan fingerprint density at radius 1 is 1.23 bits per heavy atom. The van der Waals surface area contributed by atoms with Crippen molar-refractivity contribution in [3.8, 4) is 11.5 Å². The molecule has 26 heavy (non-hydrogen) atoms. The average molecular weight is 383 g/mol. The number of rotatable bonds is 4. The zero-order chi connectivity index (χ0) is 19.1. The van der Waals surface area contributed by atoms with E-state index in [0.717, 1.165) is 0 Å². The van der Waals surface area contributed by atoms with Crippen molar-refractivity contribution in [2.45, 2.75) is 11.3 Å². The monoisotopic (exact) mass is 383 g/mol. The summed E-state index contributed by atoms with van der Waals surface area (Å²) in [6.07, 6.45) is 0. The fourth-order valence-corrected chi connectivity index (χ4v) is 6.31. The molecule has 0 bridgehead atoms. The third-order valence-electron chi connectivity index (χ3n) is 5.27. The Morgan fingerprint density at radius 2 is 1.96 bits per heavy atom. The van der Waals surface area contributed by atoms with Crippen molar-refractivity contribution in [1.29, 1.82) is 0 Å². The van der Waals surface area contributed by atoms with Crippen molar-refractivity contribution in [2.75, 3.05) is 52.5 Å². The Morgan fingerprint density at radius 3 is 2.58 bits per heavy atom. The number of fused-ring (bicyclic) bond motifs is 1. The zero-order valence-electron chi connectivity index (χ0n) is 15.4. The van der Waals surface area contributed by atoms with E-state index < -0.39 is 15.1 Å². The molecule has 3 atom stereocenters. The van der Waals surface area contributed by atoms with Crippen LogP contribution in [0.2, 0.25) is 0 Å². The van der Waals surface area contributed by atoms with Crippen LogP contribution < -0.4 is 14.8 Å². The van der Waals surface area contributed by atoms with Gasteiger partial charge in [0.05, 0.1) is 30.9 Å². The van der Waals surface area contributed by atoms with Crippen LogP contribution in [0.5, 0.6) is 11.5 Å². The highest BCUT2D eigenvalue weighted by molar-refractivity contribution is 7.92. The molecule has 2 aliphatic heterocycles. The number of ether oxygens (including phenoxy) is 2. The molecule has 0 spiro atoms. The molecule has 2 amide bonds. The summed E-state index contributed by atoms with van der Waals surface area (Å²) in [4.78, 5) is 16.2. The highest BCUT2D eigenvalue weighted by atomic mass is 32.2. The lowest BCUT2D eigenvalue weighted by molar-refractivity contribution is 0.210. The molecule has 1 N–H and O–H groups in total. The van der Waals surface area contributed by atoms with Crippen molar-refractivity contribution in [3.05, 3.63) is 18.2 Å². The first-order valence-corrected chi connectivity index (χ1v) is 10.1. The highest BCUT2D eigenvalue weighted by Crippen LogP contribution is 2.36. The molecular formula is C17H25N3O5S. The number of likely N-dealkylation sites (tertiary alicyclic amines) is 1. The van der Waals surface area contributed by atoms with E-state index in [4.69, 9.17) is 9.47 Å². The highest BCUT2D eigenvalue weighted by Gasteiger charge is 2.53. The SMILES string of the molecule is COc1ccc(OC)c(NC(=O)N2C[C@H]3[C@H](N(C)C)CS(=O)(=O)[C@H]3C2)c1. The molecule has 2 heterocycles. The largest absolute Gasteiger partial charge is 0.497 e. The number of nitrogens with zero attached hydrogens (tertiary/aromatic N) is 2. The summed E-state index contributed by atoms with van der Waals surface area (Å²) in [5.41, 5.74) is 0.487. The standard InChI is InChI=1S/C17H25N3O5S/c1-19(2)14-10-26(22,23)16-9-20(8-12(14)16)17(21)18-13-7-11(24-3)5-6-15(13)25-4/h5-7,12,14,16H,8-10H2,1-4H3,(H,18,21)/t12-,14+,16-/m0/s1. The minimum absolute atomic E-state index is 0.0610. The summed E-state index contributed by atoms with van der Waals surface area (Å²) in [5, 5.41) is 2.32. The number of sulfone groups is 1. The predicted octanol–water partition coefficient (Wildman–Crippen LogP) is 0.895. The van der Waals surface area contributed by atoms with Crippen LogP contribution in [0.1, 0.15) is 0 Å². The van der Waals surface area contributed by atoms with E-state index in [1.165, 1.54) is 7.11 Å². The molecule has 2 saturated heterocycles. The first kappa shape index (κ1) is 18.8. The first-order valence-electron chi connectivity index (χ1n) is 8.42. The number of hydrogen-bond acceptors (Lipinski definition) is 6. The molecule has 2 fully saturated rings. The van der Waals surface area contributed by atoms with Gasteiger partial charge in [-0.15, -0.1) is 0 Å². The molecule has 1 aromatic carbocycles. The molecule has 0 saturated carbocycles. The number of carbonyl (C=O) groups excluding carboxylic acids is 1. The molecular weight excluding hydrogens is 358 g/mol. The van der Waals surface area contributed by atoms with Gasteiger partial charge in [-0.2, -0.15) is 0 Å². The summed E-state index contributed by atoms with van der Waals surface area (Å²) >= 11 is 0. The lowest BCUT2D eigenvalue weighted by atomic mass is 10.00. The fourth-order valence-electron chi connectivity index (χ4n) is 3.84. The van der Waals surface area contributed by atoms with Gasteiger partial charge in [-0.1, -0.05) is 0 Å². The normalized spacial score (nSPS) is 26.7. The number of nitrogens with one attached hydrogen (secondary N) is 1. The smallest absolute Gasteiger partial charge is 0.322 e. The summed E-state index contributed by atoms with van der Waals surface area (Å²) in [6, 6.07) is 4.73. The van der Waals surface area contributed by atoms with Crippen LogP contribution in [0, 0.1) is 5.92 Å². The van der Waals surface area contributed by atoms with E-state index in [1.807, 2.05) is 19.0 Å². The number of anilines is 1. The predicted molar refractivity (Wildman–Crippen MR) is 98.7 cm³/mol. The van der Waals surface area contributed by atoms with Gasteiger partial charge in [0.25, 0.3) is 0 Å². The Hall–Kier alpha value is -2.00. The second kappa shape index (κ2) is 6.96. The molecule has 0 radical (unpaired) electrons. The molecule has 0 aromatic heterocycles. The Labute approximate surface area is 154 Å². The summed E-state index contributed by atoms with van der Waals surface area (Å²) in [6.45, 7) is 0.639. The molecule has 0 unspecified atom stereocenters. The topological polar surface area (TPSA) is 88.2 Å². The number of methoxy groups -OCH3 is 2. The molecule has 0 aliphatic carbocycles. The fraction of sp³-hybridized carbons (Fsp3) is 0.588. The van der Waals surface area contributed by atoms with Crippen molar-refractivity contribution >= 4 is 21.6 Å². The van der Waals surface area contributed by atoms with E-state index >= 15 is 0 Å². The maximum atomic E-state index is 12.7. The van der Waals surface area contributed by atoms with Crippen LogP contribution >= 0.6 is 0 Å². The van der Waals surface area contributed by atoms with Gasteiger partial charge in [-0.05, 0) is 26.2 Å². The third-order valence-corrected chi connectivity index (χ3v) is 7.49. The lowest BCUT2D eigenvalue weighted by Crippen LogP contribution is -2.39. The van der Waals surface area contributed by atoms with Crippen molar-refractivity contribution in [3.63, 3.8) is 0 Å². The van der Waals surface area contributed by atoms with Crippen LogP contribution in [0.4, 0.5) is 10.5 Å². The van der Waals surface area contributed by atoms with E-state index in [9.17, 15) is 13.2 Å². The van der Waals surface area contributed by atoms with Gasteiger partial charge >= 0.3 is 6.03 Å². The Kier molecular flexibility index (Phi) is 5.03. The Bertz CT molecular complexity index is 796. The van der Waals surface area contributed by atoms with Gasteiger partial charge in [0, 0.05) is 31.1 Å². The van der Waals surface area contributed by atoms with Crippen LogP contribution in [-0.2, 0) is 9.84 Å². The molecule has 1 aromatic rings. The van der Waals surface area contributed by atoms with Crippen LogP contribution in [-0.4, -0.2) is 82.7 Å². The minimum Gasteiger partial charge on any atom is -0.497 e. The maximum absolute atomic E-state index is 12.7. The van der Waals surface area contributed by atoms with Crippen molar-refractivity contribution in [2.24, 2.45) is 5.92 Å². The van der Waals surface area contributed by atoms with Crippen molar-refractivity contribution in [1.82, 2.24) is 9.80 Å². The van der Waals surface area contributed by atoms with E-state index in [2.05, 4.69) is 5.32 Å². The number of carbonyl (C=O) groups is 1. The average Bonchev–Trinajstić information content (AvgIpc) is 3.14. The molecule has 2 aliphatic rings. The second-order valence-corrected chi connectivity index (χ2v) is 9.23. The summed E-state index contributed by atoms with van der Waals surface area (Å²) in [7, 11) is 3.64. The number of urea groups is 1. The zero-order valence-corrected chi connectivity index (χ0v) is 16.2. The van der Waals surface area contributed by atoms with Gasteiger partial charge < -0.3 is 24.6 Å². The van der Waals surface area contributed by atoms with Crippen LogP contribution in [0.15, 0.2) is 18.2 Å². The summed E-state index contributed by atoms with van der Waals surface area (Å²) in [5.74, 6) is 1.20. The maximum Gasteiger partial charge on any atom is 0.322 e. The van der Waals surface area contributed by atoms with Gasteiger partial charge in [0.15, 0.2) is 9.84 Å². The van der Waals surface area contributed by atoms with E-state index in [0.29, 0.717) is 23.7 Å². The quantitative estimate of drug-likeness (QED) is 0.831. The van der Waals surface area contributed by atoms with E-state index in [1.54, 1.807) is 30.2 Å². The number of amides is 2. The van der Waals surface area contributed by atoms with Crippen molar-refractivity contribution < 1.29 is 22.7 Å². The van der Waals surface area contributed by atoms with Gasteiger partial charge in [-0.25, -0.2) is 13.2 Å². The third kappa shape index (κ3) is 3.33. The lowest BCUT2D eigenvalue weighted by Gasteiger charge is -2.25. The Balaban J connectivity index is 1.77. The molecule has 144 valence electrons. The number of hydrogen-bond donors (Lipinski definition) is 1. The molecule has 8 nitrogen and oxygen atoms in total. The van der Waals surface area contributed by atoms with Gasteiger partial charge in [0.1, 0.15) is 11.5 Å². The number of benzene rings is 1. The van der Waals surface area contributed by atoms with Gasteiger partial charge in [-0.3, -0.25) is 0 Å². The van der Waals surface area contributed by atoms with Crippen LogP contribution in [0.3, 0.4) is 0 Å².